The summed E-state index contributed by atoms with van der Waals surface area (Å²) in [6.07, 6.45) is 5.22. The molecular formula is C13H18BrNO. The van der Waals surface area contributed by atoms with Crippen LogP contribution in [0, 0.1) is 0 Å². The number of rotatable bonds is 3. The highest BCUT2D eigenvalue weighted by Gasteiger charge is 2.21. The van der Waals surface area contributed by atoms with E-state index in [0.717, 1.165) is 15.7 Å². The van der Waals surface area contributed by atoms with Crippen molar-refractivity contribution in [3.63, 3.8) is 0 Å². The standard InChI is InChI=1S/C13H18BrNO/c1-15(12-4-2-3-5-12)13-7-6-11(14)8-10(13)9-16/h6-8,12,16H,2-5,9H2,1H3. The van der Waals surface area contributed by atoms with Crippen molar-refractivity contribution in [3.8, 4) is 0 Å². The first-order valence-corrected chi connectivity index (χ1v) is 6.64. The van der Waals surface area contributed by atoms with Crippen LogP contribution in [0.4, 0.5) is 5.69 Å². The first-order chi connectivity index (χ1) is 7.72. The minimum Gasteiger partial charge on any atom is -0.392 e. The van der Waals surface area contributed by atoms with Gasteiger partial charge in [0.05, 0.1) is 6.61 Å². The van der Waals surface area contributed by atoms with Crippen molar-refractivity contribution in [1.29, 1.82) is 0 Å². The quantitative estimate of drug-likeness (QED) is 0.920. The Bertz CT molecular complexity index is 361. The fourth-order valence-corrected chi connectivity index (χ4v) is 2.92. The number of hydrogen-bond donors (Lipinski definition) is 1. The summed E-state index contributed by atoms with van der Waals surface area (Å²) in [5, 5.41) is 9.39. The minimum atomic E-state index is 0.103. The summed E-state index contributed by atoms with van der Waals surface area (Å²) < 4.78 is 1.03. The van der Waals surface area contributed by atoms with Crippen molar-refractivity contribution in [2.45, 2.75) is 38.3 Å². The molecule has 0 heterocycles. The largest absolute Gasteiger partial charge is 0.392 e. The SMILES string of the molecule is CN(c1ccc(Br)cc1CO)C1CCCC1. The van der Waals surface area contributed by atoms with Crippen molar-refractivity contribution >= 4 is 21.6 Å². The summed E-state index contributed by atoms with van der Waals surface area (Å²) >= 11 is 3.44. The van der Waals surface area contributed by atoms with E-state index >= 15 is 0 Å². The normalized spacial score (nSPS) is 16.7. The molecule has 1 saturated carbocycles. The molecule has 2 nitrogen and oxygen atoms in total. The van der Waals surface area contributed by atoms with E-state index in [1.54, 1.807) is 0 Å². The maximum absolute atomic E-state index is 9.39. The Labute approximate surface area is 105 Å². The Hall–Kier alpha value is -0.540. The second-order valence-corrected chi connectivity index (χ2v) is 5.40. The second kappa shape index (κ2) is 5.19. The van der Waals surface area contributed by atoms with E-state index in [1.165, 1.54) is 25.7 Å². The topological polar surface area (TPSA) is 23.5 Å². The zero-order valence-electron chi connectivity index (χ0n) is 9.62. The van der Waals surface area contributed by atoms with Gasteiger partial charge in [-0.15, -0.1) is 0 Å². The van der Waals surface area contributed by atoms with E-state index in [4.69, 9.17) is 0 Å². The maximum atomic E-state index is 9.39. The van der Waals surface area contributed by atoms with Gasteiger partial charge in [0.1, 0.15) is 0 Å². The zero-order valence-corrected chi connectivity index (χ0v) is 11.2. The molecule has 0 radical (unpaired) electrons. The molecule has 0 saturated heterocycles. The van der Waals surface area contributed by atoms with Crippen LogP contribution in [-0.4, -0.2) is 18.2 Å². The van der Waals surface area contributed by atoms with E-state index in [0.29, 0.717) is 6.04 Å². The van der Waals surface area contributed by atoms with Gasteiger partial charge in [-0.2, -0.15) is 0 Å². The van der Waals surface area contributed by atoms with E-state index in [1.807, 2.05) is 12.1 Å². The third-order valence-corrected chi connectivity index (χ3v) is 3.96. The van der Waals surface area contributed by atoms with E-state index in [-0.39, 0.29) is 6.61 Å². The van der Waals surface area contributed by atoms with E-state index in [9.17, 15) is 5.11 Å². The van der Waals surface area contributed by atoms with Gasteiger partial charge >= 0.3 is 0 Å². The lowest BCUT2D eigenvalue weighted by molar-refractivity contribution is 0.282. The van der Waals surface area contributed by atoms with Gasteiger partial charge in [0, 0.05) is 28.8 Å². The van der Waals surface area contributed by atoms with Gasteiger partial charge in [0.15, 0.2) is 0 Å². The second-order valence-electron chi connectivity index (χ2n) is 4.48. The van der Waals surface area contributed by atoms with Crippen molar-refractivity contribution in [3.05, 3.63) is 28.2 Å². The fraction of sp³-hybridized carbons (Fsp3) is 0.538. The number of halogens is 1. The van der Waals surface area contributed by atoms with Crippen LogP contribution in [-0.2, 0) is 6.61 Å². The van der Waals surface area contributed by atoms with Crippen LogP contribution < -0.4 is 4.90 Å². The van der Waals surface area contributed by atoms with Crippen LogP contribution in [0.1, 0.15) is 31.2 Å². The molecule has 1 N–H and O–H groups in total. The number of benzene rings is 1. The number of aliphatic hydroxyl groups excluding tert-OH is 1. The molecule has 1 aromatic rings. The maximum Gasteiger partial charge on any atom is 0.0702 e. The van der Waals surface area contributed by atoms with Crippen LogP contribution in [0.15, 0.2) is 22.7 Å². The first-order valence-electron chi connectivity index (χ1n) is 5.84. The van der Waals surface area contributed by atoms with Gasteiger partial charge in [-0.05, 0) is 31.0 Å². The Morgan fingerprint density at radius 3 is 2.69 bits per heavy atom. The fourth-order valence-electron chi connectivity index (χ4n) is 2.51. The molecule has 0 aromatic heterocycles. The molecule has 1 aliphatic rings. The summed E-state index contributed by atoms with van der Waals surface area (Å²) in [6.45, 7) is 0.103. The highest BCUT2D eigenvalue weighted by Crippen LogP contribution is 2.30. The number of anilines is 1. The Morgan fingerprint density at radius 1 is 1.38 bits per heavy atom. The molecule has 16 heavy (non-hydrogen) atoms. The van der Waals surface area contributed by atoms with Crippen LogP contribution >= 0.6 is 15.9 Å². The van der Waals surface area contributed by atoms with Gasteiger partial charge < -0.3 is 10.0 Å². The Morgan fingerprint density at radius 2 is 2.06 bits per heavy atom. The van der Waals surface area contributed by atoms with Crippen LogP contribution in [0.3, 0.4) is 0 Å². The summed E-state index contributed by atoms with van der Waals surface area (Å²) in [5.41, 5.74) is 2.17. The molecule has 0 spiro atoms. The third-order valence-electron chi connectivity index (χ3n) is 3.46. The summed E-state index contributed by atoms with van der Waals surface area (Å²) in [7, 11) is 2.14. The molecule has 1 aliphatic carbocycles. The molecule has 0 amide bonds. The average Bonchev–Trinajstić information content (AvgIpc) is 2.81. The van der Waals surface area contributed by atoms with Gasteiger partial charge in [-0.25, -0.2) is 0 Å². The highest BCUT2D eigenvalue weighted by molar-refractivity contribution is 9.10. The predicted molar refractivity (Wildman–Crippen MR) is 70.7 cm³/mol. The molecule has 3 heteroatoms. The van der Waals surface area contributed by atoms with Gasteiger partial charge in [0.25, 0.3) is 0 Å². The Kier molecular flexibility index (Phi) is 3.87. The molecule has 0 unspecified atom stereocenters. The van der Waals surface area contributed by atoms with Crippen molar-refractivity contribution in [2.75, 3.05) is 11.9 Å². The number of nitrogens with zero attached hydrogens (tertiary/aromatic N) is 1. The van der Waals surface area contributed by atoms with Crippen LogP contribution in [0.5, 0.6) is 0 Å². The molecule has 0 atom stereocenters. The first kappa shape index (κ1) is 11.9. The van der Waals surface area contributed by atoms with Crippen molar-refractivity contribution in [2.24, 2.45) is 0 Å². The van der Waals surface area contributed by atoms with Crippen LogP contribution in [0.2, 0.25) is 0 Å². The molecule has 88 valence electrons. The van der Waals surface area contributed by atoms with Gasteiger partial charge in [-0.1, -0.05) is 28.8 Å². The molecule has 2 rings (SSSR count). The summed E-state index contributed by atoms with van der Waals surface area (Å²) in [4.78, 5) is 2.32. The Balaban J connectivity index is 2.24. The molecule has 0 aliphatic heterocycles. The lowest BCUT2D eigenvalue weighted by Crippen LogP contribution is -2.29. The smallest absolute Gasteiger partial charge is 0.0702 e. The van der Waals surface area contributed by atoms with Crippen molar-refractivity contribution < 1.29 is 5.11 Å². The highest BCUT2D eigenvalue weighted by atomic mass is 79.9. The molecule has 1 fully saturated rings. The third kappa shape index (κ3) is 2.41. The average molecular weight is 284 g/mol. The lowest BCUT2D eigenvalue weighted by Gasteiger charge is -2.28. The van der Waals surface area contributed by atoms with Gasteiger partial charge in [-0.3, -0.25) is 0 Å². The number of hydrogen-bond acceptors (Lipinski definition) is 2. The predicted octanol–water partition coefficient (Wildman–Crippen LogP) is 3.32. The lowest BCUT2D eigenvalue weighted by atomic mass is 10.1. The number of aliphatic hydroxyl groups is 1. The van der Waals surface area contributed by atoms with E-state index in [2.05, 4.69) is 33.9 Å². The molecule has 0 bridgehead atoms. The zero-order chi connectivity index (χ0) is 11.5. The van der Waals surface area contributed by atoms with Crippen molar-refractivity contribution in [1.82, 2.24) is 0 Å². The van der Waals surface area contributed by atoms with Gasteiger partial charge in [0.2, 0.25) is 0 Å². The van der Waals surface area contributed by atoms with E-state index < -0.39 is 0 Å². The monoisotopic (exact) mass is 283 g/mol. The molecule has 1 aromatic carbocycles. The summed E-state index contributed by atoms with van der Waals surface area (Å²) in [6, 6.07) is 6.78. The van der Waals surface area contributed by atoms with Crippen LogP contribution in [0.25, 0.3) is 0 Å². The minimum absolute atomic E-state index is 0.103. The molecular weight excluding hydrogens is 266 g/mol. The summed E-state index contributed by atoms with van der Waals surface area (Å²) in [5.74, 6) is 0.